The molecule has 1 unspecified atom stereocenters. The van der Waals surface area contributed by atoms with E-state index in [0.29, 0.717) is 16.8 Å². The fraction of sp³-hybridized carbons (Fsp3) is 0.333. The first-order chi connectivity index (χ1) is 14.5. The van der Waals surface area contributed by atoms with E-state index >= 15 is 0 Å². The molecule has 10 nitrogen and oxygen atoms in total. The maximum Gasteiger partial charge on any atom is 0.695 e. The van der Waals surface area contributed by atoms with E-state index in [9.17, 15) is 18.9 Å². The molecule has 3 heterocycles. The molecule has 1 aliphatic heterocycles. The van der Waals surface area contributed by atoms with Crippen molar-refractivity contribution < 1.29 is 33.0 Å². The number of aliphatic hydroxyl groups is 1. The number of alkyl halides is 1. The number of nitrogens with zero attached hydrogens (tertiary/aromatic N) is 4. The van der Waals surface area contributed by atoms with Gasteiger partial charge in [-0.2, -0.15) is 0 Å². The van der Waals surface area contributed by atoms with Gasteiger partial charge in [0.2, 0.25) is 0 Å². The molecule has 5 atom stereocenters. The second kappa shape index (κ2) is 8.58. The molecule has 3 aromatic rings. The third-order valence-electron chi connectivity index (χ3n) is 4.79. The Morgan fingerprint density at radius 2 is 2.03 bits per heavy atom. The summed E-state index contributed by atoms with van der Waals surface area (Å²) in [5.74, 6) is -0.161. The lowest BCUT2D eigenvalue weighted by Crippen LogP contribution is -2.32. The zero-order valence-corrected chi connectivity index (χ0v) is 16.3. The van der Waals surface area contributed by atoms with E-state index in [2.05, 4.69) is 19.5 Å². The molecule has 0 aliphatic carbocycles. The van der Waals surface area contributed by atoms with E-state index in [1.54, 1.807) is 30.3 Å². The summed E-state index contributed by atoms with van der Waals surface area (Å²) in [7, 11) is -3.09. The molecule has 2 N–H and O–H groups in total. The van der Waals surface area contributed by atoms with Crippen LogP contribution in [0.1, 0.15) is 22.3 Å². The Morgan fingerprint density at radius 3 is 2.73 bits per heavy atom. The summed E-state index contributed by atoms with van der Waals surface area (Å²) in [5.41, 5.74) is 1.41. The number of halogens is 1. The van der Waals surface area contributed by atoms with Gasteiger partial charge in [0, 0.05) is 10.1 Å². The van der Waals surface area contributed by atoms with Crippen LogP contribution in [0.2, 0.25) is 0 Å². The Kier molecular flexibility index (Phi) is 5.89. The van der Waals surface area contributed by atoms with Crippen molar-refractivity contribution in [2.45, 2.75) is 31.0 Å². The number of Topliss-reactive ketones (excluding diaryl/α,β-unsaturated/α-hetero) is 1. The number of aliphatic hydroxyl groups excluding tert-OH is 1. The van der Waals surface area contributed by atoms with Crippen molar-refractivity contribution in [3.63, 3.8) is 0 Å². The number of ketones is 1. The van der Waals surface area contributed by atoms with E-state index in [1.165, 1.54) is 17.2 Å². The van der Waals surface area contributed by atoms with E-state index in [-0.39, 0.29) is 17.9 Å². The Bertz CT molecular complexity index is 1080. The maximum atomic E-state index is 14.9. The van der Waals surface area contributed by atoms with Gasteiger partial charge in [-0.25, -0.2) is 19.3 Å². The van der Waals surface area contributed by atoms with E-state index < -0.39 is 39.5 Å². The molecule has 4 rings (SSSR count). The normalized spacial score (nSPS) is 24.3. The molecule has 0 saturated carbocycles. The molecule has 2 aromatic heterocycles. The van der Waals surface area contributed by atoms with Crippen molar-refractivity contribution in [2.75, 3.05) is 6.61 Å². The van der Waals surface area contributed by atoms with Gasteiger partial charge in [-0.15, -0.1) is 9.42 Å². The van der Waals surface area contributed by atoms with Crippen LogP contribution in [0.15, 0.2) is 43.0 Å². The molecule has 0 radical (unpaired) electrons. The second-order valence-electron chi connectivity index (χ2n) is 6.61. The van der Waals surface area contributed by atoms with E-state index in [1.807, 2.05) is 0 Å². The predicted octanol–water partition coefficient (Wildman–Crippen LogP) is 1.51. The van der Waals surface area contributed by atoms with Crippen LogP contribution in [0.4, 0.5) is 4.39 Å². The number of carbonyl (C=O) groups excluding carboxylic acids is 1. The molecule has 1 aliphatic rings. The SMILES string of the molecule is O=C(Cc1ncnc2c1ncn2[C@@H]1O[C@H](CO)[C@@H](O[P+](=O)O)[C@H]1F)c1ccccc1. The molecule has 1 aromatic carbocycles. The van der Waals surface area contributed by atoms with Crippen LogP contribution in [0.25, 0.3) is 11.2 Å². The molecule has 0 spiro atoms. The van der Waals surface area contributed by atoms with Gasteiger partial charge >= 0.3 is 8.25 Å². The highest BCUT2D eigenvalue weighted by molar-refractivity contribution is 7.32. The molecule has 12 heteroatoms. The van der Waals surface area contributed by atoms with Gasteiger partial charge in [0.15, 0.2) is 29.9 Å². The molecule has 156 valence electrons. The minimum atomic E-state index is -3.09. The summed E-state index contributed by atoms with van der Waals surface area (Å²) in [5, 5.41) is 9.41. The Morgan fingerprint density at radius 1 is 1.27 bits per heavy atom. The van der Waals surface area contributed by atoms with Gasteiger partial charge in [-0.3, -0.25) is 9.36 Å². The smallest absolute Gasteiger partial charge is 0.394 e. The molecular formula is C18H17FN4O6P+. The first-order valence-corrected chi connectivity index (χ1v) is 10.1. The number of imidazole rings is 1. The van der Waals surface area contributed by atoms with E-state index in [4.69, 9.17) is 9.63 Å². The Labute approximate surface area is 170 Å². The minimum absolute atomic E-state index is 0.0272. The molecular weight excluding hydrogens is 418 g/mol. The predicted molar refractivity (Wildman–Crippen MR) is 100 cm³/mol. The van der Waals surface area contributed by atoms with Crippen molar-refractivity contribution in [3.05, 3.63) is 54.2 Å². The van der Waals surface area contributed by atoms with Crippen LogP contribution in [0.5, 0.6) is 0 Å². The van der Waals surface area contributed by atoms with Crippen LogP contribution in [-0.4, -0.2) is 60.3 Å². The van der Waals surface area contributed by atoms with Crippen LogP contribution in [-0.2, 0) is 20.2 Å². The topological polar surface area (TPSA) is 137 Å². The lowest BCUT2D eigenvalue weighted by atomic mass is 10.1. The fourth-order valence-corrected chi connectivity index (χ4v) is 3.85. The van der Waals surface area contributed by atoms with Gasteiger partial charge in [0.05, 0.1) is 25.0 Å². The highest BCUT2D eigenvalue weighted by Gasteiger charge is 2.51. The molecule has 30 heavy (non-hydrogen) atoms. The molecule has 1 saturated heterocycles. The van der Waals surface area contributed by atoms with Crippen LogP contribution >= 0.6 is 8.25 Å². The van der Waals surface area contributed by atoms with Crippen LogP contribution in [0, 0.1) is 0 Å². The summed E-state index contributed by atoms with van der Waals surface area (Å²) in [6.07, 6.45) is -3.25. The third-order valence-corrected chi connectivity index (χ3v) is 5.22. The number of hydrogen-bond acceptors (Lipinski definition) is 8. The van der Waals surface area contributed by atoms with Gasteiger partial charge in [0.1, 0.15) is 17.9 Å². The summed E-state index contributed by atoms with van der Waals surface area (Å²) < 4.78 is 37.4. The zero-order valence-electron chi connectivity index (χ0n) is 15.4. The minimum Gasteiger partial charge on any atom is -0.394 e. The third kappa shape index (κ3) is 3.85. The van der Waals surface area contributed by atoms with Gasteiger partial charge in [-0.05, 0) is 0 Å². The number of carbonyl (C=O) groups is 1. The van der Waals surface area contributed by atoms with Crippen LogP contribution in [0.3, 0.4) is 0 Å². The van der Waals surface area contributed by atoms with E-state index in [0.717, 1.165) is 0 Å². The van der Waals surface area contributed by atoms with Crippen LogP contribution < -0.4 is 0 Å². The monoisotopic (exact) mass is 435 g/mol. The highest BCUT2D eigenvalue weighted by atomic mass is 31.1. The van der Waals surface area contributed by atoms with Crippen molar-refractivity contribution >= 4 is 25.2 Å². The molecule has 0 amide bonds. The number of benzene rings is 1. The fourth-order valence-electron chi connectivity index (χ4n) is 3.39. The van der Waals surface area contributed by atoms with Gasteiger partial charge in [0.25, 0.3) is 0 Å². The standard InChI is InChI=1S/C18H16FN4O6P/c19-14-16(29-30(26)27)13(7-24)28-18(14)23-9-22-15-11(20-8-21-17(15)23)6-12(25)10-4-2-1-3-5-10/h1-5,8-9,13-14,16,18,24H,6-7H2/p+1/t13-,14-,16-,18-/m1/s1. The van der Waals surface area contributed by atoms with Crippen molar-refractivity contribution in [1.82, 2.24) is 19.5 Å². The lowest BCUT2D eigenvalue weighted by molar-refractivity contribution is -0.0436. The number of hydrogen-bond donors (Lipinski definition) is 2. The highest BCUT2D eigenvalue weighted by Crippen LogP contribution is 2.38. The average Bonchev–Trinajstić information content (AvgIpc) is 3.30. The zero-order chi connectivity index (χ0) is 21.3. The summed E-state index contributed by atoms with van der Waals surface area (Å²) in [6, 6.07) is 8.71. The van der Waals surface area contributed by atoms with Gasteiger partial charge in [-0.1, -0.05) is 30.3 Å². The summed E-state index contributed by atoms with van der Waals surface area (Å²) in [6.45, 7) is -0.608. The number of aromatic nitrogens is 4. The lowest BCUT2D eigenvalue weighted by Gasteiger charge is -2.14. The van der Waals surface area contributed by atoms with Gasteiger partial charge < -0.3 is 9.84 Å². The maximum absolute atomic E-state index is 14.9. The van der Waals surface area contributed by atoms with Crippen molar-refractivity contribution in [1.29, 1.82) is 0 Å². The average molecular weight is 435 g/mol. The molecule has 0 bridgehead atoms. The number of fused-ring (bicyclic) bond motifs is 1. The Hall–Kier alpha value is -2.69. The summed E-state index contributed by atoms with van der Waals surface area (Å²) >= 11 is 0. The first kappa shape index (κ1) is 20.6. The van der Waals surface area contributed by atoms with Crippen molar-refractivity contribution in [3.8, 4) is 0 Å². The first-order valence-electron chi connectivity index (χ1n) is 8.97. The summed E-state index contributed by atoms with van der Waals surface area (Å²) in [4.78, 5) is 33.9. The number of rotatable bonds is 7. The Balaban J connectivity index is 1.63. The molecule has 1 fully saturated rings. The van der Waals surface area contributed by atoms with Crippen molar-refractivity contribution in [2.24, 2.45) is 0 Å². The second-order valence-corrected chi connectivity index (χ2v) is 7.30. The quantitative estimate of drug-likeness (QED) is 0.418. The number of ether oxygens (including phenoxy) is 1. The largest absolute Gasteiger partial charge is 0.695 e.